The van der Waals surface area contributed by atoms with Gasteiger partial charge in [0.05, 0.1) is 9.26 Å². The number of hydrogen-bond donors (Lipinski definition) is 2. The first-order valence-corrected chi connectivity index (χ1v) is 6.90. The van der Waals surface area contributed by atoms with E-state index in [1.54, 1.807) is 0 Å². The molecule has 4 heteroatoms. The normalized spacial score (nSPS) is 25.4. The molecule has 0 saturated heterocycles. The van der Waals surface area contributed by atoms with Crippen molar-refractivity contribution < 1.29 is 0 Å². The maximum absolute atomic E-state index is 5.86. The summed E-state index contributed by atoms with van der Waals surface area (Å²) in [6, 6.07) is 2.50. The molecule has 1 aromatic heterocycles. The first-order chi connectivity index (χ1) is 7.65. The lowest BCUT2D eigenvalue weighted by molar-refractivity contribution is 0.361. The number of nitrogen functional groups attached to an aromatic ring is 1. The Hall–Kier alpha value is -0.520. The summed E-state index contributed by atoms with van der Waals surface area (Å²) in [6.45, 7) is 2.33. The van der Waals surface area contributed by atoms with Crippen LogP contribution in [-0.2, 0) is 0 Å². The van der Waals surface area contributed by atoms with E-state index >= 15 is 0 Å². The van der Waals surface area contributed by atoms with Crippen LogP contribution in [0.2, 0.25) is 0 Å². The molecule has 2 rings (SSSR count). The van der Waals surface area contributed by atoms with Crippen LogP contribution < -0.4 is 11.1 Å². The molecule has 3 N–H and O–H groups in total. The van der Waals surface area contributed by atoms with E-state index in [0.29, 0.717) is 6.04 Å². The van der Waals surface area contributed by atoms with Crippen molar-refractivity contribution in [1.82, 2.24) is 4.98 Å². The highest BCUT2D eigenvalue weighted by atomic mass is 127. The molecule has 0 aromatic carbocycles. The summed E-state index contributed by atoms with van der Waals surface area (Å²) in [5.74, 6) is 1.80. The highest BCUT2D eigenvalue weighted by molar-refractivity contribution is 14.1. The first kappa shape index (κ1) is 12.0. The van der Waals surface area contributed by atoms with Gasteiger partial charge in [-0.2, -0.15) is 0 Å². The molecule has 16 heavy (non-hydrogen) atoms. The summed E-state index contributed by atoms with van der Waals surface area (Å²) in [5, 5.41) is 3.48. The predicted molar refractivity (Wildman–Crippen MR) is 76.4 cm³/mol. The molecule has 1 aliphatic rings. The number of pyridine rings is 1. The maximum atomic E-state index is 5.86. The van der Waals surface area contributed by atoms with Crippen molar-refractivity contribution in [3.63, 3.8) is 0 Å². The Balaban J connectivity index is 1.96. The maximum Gasteiger partial charge on any atom is 0.128 e. The minimum atomic E-state index is 0.572. The third-order valence-electron chi connectivity index (χ3n) is 3.25. The standard InChI is InChI=1S/C12H18IN3/c1-8-2-4-9(5-3-8)16-12-6-11(14)10(13)7-15-12/h6-9H,2-5H2,1H3,(H3,14,15,16). The second-order valence-corrected chi connectivity index (χ2v) is 5.85. The van der Waals surface area contributed by atoms with Gasteiger partial charge in [0.25, 0.3) is 0 Å². The molecule has 88 valence electrons. The zero-order chi connectivity index (χ0) is 11.5. The number of rotatable bonds is 2. The molecule has 0 atom stereocenters. The predicted octanol–water partition coefficient (Wildman–Crippen LogP) is 3.26. The molecule has 1 saturated carbocycles. The van der Waals surface area contributed by atoms with Gasteiger partial charge in [-0.1, -0.05) is 6.92 Å². The topological polar surface area (TPSA) is 50.9 Å². The smallest absolute Gasteiger partial charge is 0.128 e. The highest BCUT2D eigenvalue weighted by Crippen LogP contribution is 2.26. The zero-order valence-electron chi connectivity index (χ0n) is 9.54. The number of anilines is 2. The van der Waals surface area contributed by atoms with Crippen LogP contribution in [0.4, 0.5) is 11.5 Å². The van der Waals surface area contributed by atoms with Crippen LogP contribution in [-0.4, -0.2) is 11.0 Å². The lowest BCUT2D eigenvalue weighted by Crippen LogP contribution is -2.25. The Labute approximate surface area is 110 Å². The average Bonchev–Trinajstić information content (AvgIpc) is 2.27. The largest absolute Gasteiger partial charge is 0.398 e. The number of halogens is 1. The Morgan fingerprint density at radius 2 is 2.06 bits per heavy atom. The van der Waals surface area contributed by atoms with E-state index in [1.807, 2.05) is 12.3 Å². The fourth-order valence-corrected chi connectivity index (χ4v) is 2.44. The van der Waals surface area contributed by atoms with Gasteiger partial charge in [0, 0.05) is 18.3 Å². The second-order valence-electron chi connectivity index (χ2n) is 4.69. The zero-order valence-corrected chi connectivity index (χ0v) is 11.7. The molecule has 0 spiro atoms. The van der Waals surface area contributed by atoms with E-state index in [2.05, 4.69) is 39.8 Å². The summed E-state index contributed by atoms with van der Waals surface area (Å²) >= 11 is 2.20. The van der Waals surface area contributed by atoms with Crippen LogP contribution in [0.1, 0.15) is 32.6 Å². The van der Waals surface area contributed by atoms with Crippen LogP contribution in [0.3, 0.4) is 0 Å². The van der Waals surface area contributed by atoms with E-state index < -0.39 is 0 Å². The van der Waals surface area contributed by atoms with Crippen LogP contribution in [0.25, 0.3) is 0 Å². The summed E-state index contributed by atoms with van der Waals surface area (Å²) in [5.41, 5.74) is 6.67. The summed E-state index contributed by atoms with van der Waals surface area (Å²) in [4.78, 5) is 4.35. The second kappa shape index (κ2) is 5.21. The minimum absolute atomic E-state index is 0.572. The van der Waals surface area contributed by atoms with Crippen molar-refractivity contribution in [2.45, 2.75) is 38.6 Å². The molecule has 0 unspecified atom stereocenters. The molecule has 1 heterocycles. The van der Waals surface area contributed by atoms with E-state index in [4.69, 9.17) is 5.73 Å². The van der Waals surface area contributed by atoms with Gasteiger partial charge in [0.2, 0.25) is 0 Å². The summed E-state index contributed by atoms with van der Waals surface area (Å²) in [7, 11) is 0. The molecule has 1 aromatic rings. The molecule has 0 radical (unpaired) electrons. The van der Waals surface area contributed by atoms with Crippen LogP contribution >= 0.6 is 22.6 Å². The van der Waals surface area contributed by atoms with Crippen molar-refractivity contribution in [2.24, 2.45) is 5.92 Å². The van der Waals surface area contributed by atoms with Crippen molar-refractivity contribution in [3.05, 3.63) is 15.8 Å². The number of nitrogens with one attached hydrogen (secondary N) is 1. The van der Waals surface area contributed by atoms with E-state index in [9.17, 15) is 0 Å². The third-order valence-corrected chi connectivity index (χ3v) is 4.15. The number of nitrogens with zero attached hydrogens (tertiary/aromatic N) is 1. The van der Waals surface area contributed by atoms with Crippen LogP contribution in [0.5, 0.6) is 0 Å². The highest BCUT2D eigenvalue weighted by Gasteiger charge is 2.18. The molecular weight excluding hydrogens is 313 g/mol. The van der Waals surface area contributed by atoms with Crippen molar-refractivity contribution in [3.8, 4) is 0 Å². The minimum Gasteiger partial charge on any atom is -0.398 e. The van der Waals surface area contributed by atoms with Crippen molar-refractivity contribution in [2.75, 3.05) is 11.1 Å². The number of aromatic nitrogens is 1. The lowest BCUT2D eigenvalue weighted by atomic mass is 9.87. The summed E-state index contributed by atoms with van der Waals surface area (Å²) in [6.07, 6.45) is 6.95. The van der Waals surface area contributed by atoms with Crippen molar-refractivity contribution in [1.29, 1.82) is 0 Å². The Morgan fingerprint density at radius 3 is 2.69 bits per heavy atom. The fourth-order valence-electron chi connectivity index (χ4n) is 2.15. The Kier molecular flexibility index (Phi) is 3.89. The van der Waals surface area contributed by atoms with E-state index in [0.717, 1.165) is 21.0 Å². The van der Waals surface area contributed by atoms with Gasteiger partial charge in [-0.25, -0.2) is 4.98 Å². The van der Waals surface area contributed by atoms with Gasteiger partial charge in [-0.05, 0) is 54.2 Å². The average molecular weight is 331 g/mol. The van der Waals surface area contributed by atoms with Gasteiger partial charge in [0.15, 0.2) is 0 Å². The van der Waals surface area contributed by atoms with E-state index in [1.165, 1.54) is 25.7 Å². The van der Waals surface area contributed by atoms with Gasteiger partial charge in [-0.15, -0.1) is 0 Å². The molecule has 0 bridgehead atoms. The SMILES string of the molecule is CC1CCC(Nc2cc(N)c(I)cn2)CC1. The lowest BCUT2D eigenvalue weighted by Gasteiger charge is -2.27. The van der Waals surface area contributed by atoms with E-state index in [-0.39, 0.29) is 0 Å². The molecule has 1 aliphatic carbocycles. The molecular formula is C12H18IN3. The van der Waals surface area contributed by atoms with Crippen LogP contribution in [0, 0.1) is 9.49 Å². The number of nitrogens with two attached hydrogens (primary N) is 1. The van der Waals surface area contributed by atoms with Crippen LogP contribution in [0.15, 0.2) is 12.3 Å². The fraction of sp³-hybridized carbons (Fsp3) is 0.583. The molecule has 0 amide bonds. The van der Waals surface area contributed by atoms with Gasteiger partial charge < -0.3 is 11.1 Å². The molecule has 1 fully saturated rings. The van der Waals surface area contributed by atoms with Gasteiger partial charge >= 0.3 is 0 Å². The van der Waals surface area contributed by atoms with Gasteiger partial charge in [0.1, 0.15) is 5.82 Å². The quantitative estimate of drug-likeness (QED) is 0.818. The number of hydrogen-bond acceptors (Lipinski definition) is 3. The summed E-state index contributed by atoms with van der Waals surface area (Å²) < 4.78 is 1.01. The Morgan fingerprint density at radius 1 is 1.38 bits per heavy atom. The monoisotopic (exact) mass is 331 g/mol. The molecule has 3 nitrogen and oxygen atoms in total. The molecule has 0 aliphatic heterocycles. The van der Waals surface area contributed by atoms with Gasteiger partial charge in [-0.3, -0.25) is 0 Å². The first-order valence-electron chi connectivity index (χ1n) is 5.82. The third kappa shape index (κ3) is 2.99. The Bertz CT molecular complexity index is 359. The van der Waals surface area contributed by atoms with Crippen molar-refractivity contribution >= 4 is 34.1 Å².